The van der Waals surface area contributed by atoms with Crippen molar-refractivity contribution < 1.29 is 28.0 Å². The Bertz CT molecular complexity index is 1280. The van der Waals surface area contributed by atoms with Gasteiger partial charge >= 0.3 is 12.0 Å². The van der Waals surface area contributed by atoms with Gasteiger partial charge in [0.25, 0.3) is 5.69 Å². The van der Waals surface area contributed by atoms with Gasteiger partial charge in [-0.15, -0.1) is 0 Å². The number of urea groups is 1. The molecule has 1 heterocycles. The second-order valence-corrected chi connectivity index (χ2v) is 10.2. The lowest BCUT2D eigenvalue weighted by Crippen LogP contribution is -2.49. The number of halogens is 1. The second-order valence-electron chi connectivity index (χ2n) is 7.79. The van der Waals surface area contributed by atoms with Gasteiger partial charge < -0.3 is 20.6 Å². The monoisotopic (exact) mass is 522 g/mol. The van der Waals surface area contributed by atoms with E-state index in [1.807, 2.05) is 0 Å². The van der Waals surface area contributed by atoms with E-state index in [1.165, 1.54) is 60.4 Å². The first-order valence-electron chi connectivity index (χ1n) is 10.5. The maximum atomic E-state index is 12.7. The maximum absolute atomic E-state index is 12.7. The number of allylic oxidation sites excluding steroid dienone is 1. The van der Waals surface area contributed by atoms with Crippen molar-refractivity contribution in [2.45, 2.75) is 24.3 Å². The zero-order valence-corrected chi connectivity index (χ0v) is 20.2. The van der Waals surface area contributed by atoms with Crippen LogP contribution in [0.1, 0.15) is 24.9 Å². The highest BCUT2D eigenvalue weighted by molar-refractivity contribution is 7.91. The number of hydrogen-bond donors (Lipinski definition) is 3. The highest BCUT2D eigenvalue weighted by atomic mass is 35.5. The van der Waals surface area contributed by atoms with E-state index in [-0.39, 0.29) is 46.4 Å². The molecule has 0 aliphatic carbocycles. The van der Waals surface area contributed by atoms with Gasteiger partial charge in [0.15, 0.2) is 9.84 Å². The predicted molar refractivity (Wildman–Crippen MR) is 128 cm³/mol. The fraction of sp³-hybridized carbons (Fsp3) is 0.273. The van der Waals surface area contributed by atoms with Gasteiger partial charge in [-0.3, -0.25) is 10.1 Å². The van der Waals surface area contributed by atoms with Gasteiger partial charge in [-0.1, -0.05) is 23.7 Å². The first-order valence-corrected chi connectivity index (χ1v) is 12.5. The van der Waals surface area contributed by atoms with Gasteiger partial charge in [0.2, 0.25) is 0 Å². The number of nitrogens with one attached hydrogen (secondary N) is 2. The molecule has 2 aromatic carbocycles. The van der Waals surface area contributed by atoms with Gasteiger partial charge in [-0.25, -0.2) is 18.0 Å². The van der Waals surface area contributed by atoms with Gasteiger partial charge in [-0.2, -0.15) is 0 Å². The Hall–Kier alpha value is -3.48. The number of carboxylic acid groups (broad SMARTS) is 1. The molecule has 0 radical (unpaired) electrons. The molecule has 0 aromatic heterocycles. The number of nitro groups is 1. The summed E-state index contributed by atoms with van der Waals surface area (Å²) in [5.41, 5.74) is 0.0831. The standard InChI is InChI=1S/C22H23ClN4O7S/c1-14-19(21(28)29)20(15-4-2-5-17(12-15)27(31)32)26(22(30)25-14)11-3-10-24-13-35(33,34)18-8-6-16(23)7-9-18/h2,4-9,12,20,24H,3,10-11,13H2,1H3,(H,25,30)(H,28,29). The molecule has 0 saturated carbocycles. The molecule has 3 rings (SSSR count). The van der Waals surface area contributed by atoms with E-state index in [2.05, 4.69) is 10.6 Å². The van der Waals surface area contributed by atoms with Crippen molar-refractivity contribution in [3.05, 3.63) is 80.5 Å². The summed E-state index contributed by atoms with van der Waals surface area (Å²) >= 11 is 5.79. The van der Waals surface area contributed by atoms with Crippen molar-refractivity contribution in [3.8, 4) is 0 Å². The van der Waals surface area contributed by atoms with Gasteiger partial charge in [0.1, 0.15) is 5.88 Å². The number of rotatable bonds is 10. The molecule has 2 aromatic rings. The third kappa shape index (κ3) is 6.15. The number of carboxylic acids is 1. The number of non-ortho nitro benzene ring substituents is 1. The summed E-state index contributed by atoms with van der Waals surface area (Å²) in [7, 11) is -3.60. The van der Waals surface area contributed by atoms with Crippen LogP contribution in [0.4, 0.5) is 10.5 Å². The highest BCUT2D eigenvalue weighted by Gasteiger charge is 2.38. The van der Waals surface area contributed by atoms with Crippen molar-refractivity contribution in [1.29, 1.82) is 0 Å². The highest BCUT2D eigenvalue weighted by Crippen LogP contribution is 2.35. The van der Waals surface area contributed by atoms with E-state index in [0.717, 1.165) is 0 Å². The molecule has 1 aliphatic heterocycles. The zero-order chi connectivity index (χ0) is 25.8. The summed E-state index contributed by atoms with van der Waals surface area (Å²) in [5, 5.41) is 26.8. The summed E-state index contributed by atoms with van der Waals surface area (Å²) < 4.78 is 24.9. The molecule has 0 fully saturated rings. The fourth-order valence-electron chi connectivity index (χ4n) is 3.75. The largest absolute Gasteiger partial charge is 0.478 e. The third-order valence-electron chi connectivity index (χ3n) is 5.39. The van der Waals surface area contributed by atoms with Gasteiger partial charge in [-0.05, 0) is 49.7 Å². The topological polar surface area (TPSA) is 159 Å². The van der Waals surface area contributed by atoms with Crippen molar-refractivity contribution in [1.82, 2.24) is 15.5 Å². The molecule has 1 aliphatic rings. The Kier molecular flexibility index (Phi) is 8.10. The smallest absolute Gasteiger partial charge is 0.335 e. The summed E-state index contributed by atoms with van der Waals surface area (Å²) in [6.07, 6.45) is 0.293. The van der Waals surface area contributed by atoms with E-state index >= 15 is 0 Å². The molecule has 13 heteroatoms. The number of nitro benzene ring substituents is 1. The number of sulfone groups is 1. The van der Waals surface area contributed by atoms with E-state index in [9.17, 15) is 33.2 Å². The van der Waals surface area contributed by atoms with Crippen LogP contribution in [0.15, 0.2) is 64.7 Å². The molecule has 2 amide bonds. The molecule has 186 valence electrons. The fourth-order valence-corrected chi connectivity index (χ4v) is 5.00. The number of aliphatic carboxylic acids is 1. The maximum Gasteiger partial charge on any atom is 0.335 e. The van der Waals surface area contributed by atoms with Crippen LogP contribution in [0, 0.1) is 10.1 Å². The summed E-state index contributed by atoms with van der Waals surface area (Å²) in [6.45, 7) is 1.73. The van der Waals surface area contributed by atoms with Gasteiger partial charge in [0, 0.05) is 29.4 Å². The van der Waals surface area contributed by atoms with E-state index in [0.29, 0.717) is 11.4 Å². The second kappa shape index (κ2) is 10.8. The van der Waals surface area contributed by atoms with Crippen LogP contribution >= 0.6 is 11.6 Å². The lowest BCUT2D eigenvalue weighted by Gasteiger charge is -2.37. The molecular weight excluding hydrogens is 500 g/mol. The Morgan fingerprint density at radius 3 is 2.57 bits per heavy atom. The quantitative estimate of drug-likeness (QED) is 0.244. The molecule has 0 spiro atoms. The van der Waals surface area contributed by atoms with E-state index < -0.39 is 32.8 Å². The molecule has 0 bridgehead atoms. The Labute approximate surface area is 206 Å². The average Bonchev–Trinajstić information content (AvgIpc) is 2.79. The van der Waals surface area contributed by atoms with Crippen LogP contribution < -0.4 is 10.6 Å². The average molecular weight is 523 g/mol. The number of carbonyl (C=O) groups is 2. The molecule has 1 unspecified atom stereocenters. The Morgan fingerprint density at radius 1 is 1.26 bits per heavy atom. The van der Waals surface area contributed by atoms with Crippen LogP contribution in [0.25, 0.3) is 0 Å². The molecule has 1 atom stereocenters. The molecular formula is C22H23ClN4O7S. The first kappa shape index (κ1) is 26.1. The Morgan fingerprint density at radius 2 is 1.94 bits per heavy atom. The summed E-state index contributed by atoms with van der Waals surface area (Å²) in [5.74, 6) is -1.61. The SMILES string of the molecule is CC1=C(C(=O)O)C(c2cccc([N+](=O)[O-])c2)N(CCCNCS(=O)(=O)c2ccc(Cl)cc2)C(=O)N1. The van der Waals surface area contributed by atoms with E-state index in [1.54, 1.807) is 0 Å². The van der Waals surface area contributed by atoms with Crippen LogP contribution in [-0.2, 0) is 14.6 Å². The molecule has 3 N–H and O–H groups in total. The van der Waals surface area contributed by atoms with Crippen LogP contribution in [0.3, 0.4) is 0 Å². The predicted octanol–water partition coefficient (Wildman–Crippen LogP) is 3.08. The van der Waals surface area contributed by atoms with E-state index in [4.69, 9.17) is 11.6 Å². The number of carbonyl (C=O) groups excluding carboxylic acids is 1. The normalized spacial score (nSPS) is 16.2. The number of amides is 2. The number of hydrogen-bond acceptors (Lipinski definition) is 7. The van der Waals surface area contributed by atoms with Crippen LogP contribution in [-0.4, -0.2) is 54.3 Å². The minimum Gasteiger partial charge on any atom is -0.478 e. The lowest BCUT2D eigenvalue weighted by molar-refractivity contribution is -0.384. The lowest BCUT2D eigenvalue weighted by atomic mass is 9.93. The van der Waals surface area contributed by atoms with Crippen molar-refractivity contribution in [3.63, 3.8) is 0 Å². The molecule has 0 saturated heterocycles. The van der Waals surface area contributed by atoms with Crippen molar-refractivity contribution >= 4 is 39.1 Å². The van der Waals surface area contributed by atoms with Gasteiger partial charge in [0.05, 0.1) is 21.4 Å². The molecule has 11 nitrogen and oxygen atoms in total. The number of benzene rings is 2. The third-order valence-corrected chi connectivity index (χ3v) is 7.22. The molecule has 35 heavy (non-hydrogen) atoms. The van der Waals surface area contributed by atoms with Crippen LogP contribution in [0.2, 0.25) is 5.02 Å². The summed E-state index contributed by atoms with van der Waals surface area (Å²) in [6, 6.07) is 9.62. The summed E-state index contributed by atoms with van der Waals surface area (Å²) in [4.78, 5) is 36.8. The van der Waals surface area contributed by atoms with Crippen LogP contribution in [0.5, 0.6) is 0 Å². The van der Waals surface area contributed by atoms with Crippen molar-refractivity contribution in [2.75, 3.05) is 19.0 Å². The first-order chi connectivity index (χ1) is 16.5. The minimum atomic E-state index is -3.60. The Balaban J connectivity index is 1.73. The van der Waals surface area contributed by atoms with Crippen molar-refractivity contribution in [2.24, 2.45) is 0 Å². The minimum absolute atomic E-state index is 0.0667. The number of nitrogens with zero attached hydrogens (tertiary/aromatic N) is 2. The zero-order valence-electron chi connectivity index (χ0n) is 18.6.